The Balaban J connectivity index is 2.23. The van der Waals surface area contributed by atoms with Crippen LogP contribution in [0.5, 0.6) is 0 Å². The van der Waals surface area contributed by atoms with Gasteiger partial charge < -0.3 is 0 Å². The number of halogens is 1. The van der Waals surface area contributed by atoms with E-state index in [2.05, 4.69) is 12.2 Å². The number of allylic oxidation sites excluding steroid dienone is 4. The molecule has 2 unspecified atom stereocenters. The summed E-state index contributed by atoms with van der Waals surface area (Å²) in [4.78, 5) is 0. The largest absolute Gasteiger partial charge is 0.0888 e. The molecule has 2 aliphatic rings. The fraction of sp³-hybridized carbons (Fsp3) is 0.500. The van der Waals surface area contributed by atoms with Gasteiger partial charge in [-0.3, -0.25) is 0 Å². The summed E-state index contributed by atoms with van der Waals surface area (Å²) in [6.45, 7) is 0. The third kappa shape index (κ3) is 0.734. The van der Waals surface area contributed by atoms with Crippen molar-refractivity contribution >= 4 is 11.6 Å². The highest BCUT2D eigenvalue weighted by Crippen LogP contribution is 2.43. The first kappa shape index (κ1) is 5.55. The molecule has 0 bridgehead atoms. The van der Waals surface area contributed by atoms with E-state index in [1.807, 2.05) is 6.08 Å². The Hall–Kier alpha value is -0.230. The molecule has 1 heteroatoms. The summed E-state index contributed by atoms with van der Waals surface area (Å²) in [5, 5.41) is 1.06. The minimum absolute atomic E-state index is 0.691. The molecular formula is C8H9Cl. The van der Waals surface area contributed by atoms with E-state index in [4.69, 9.17) is 11.6 Å². The van der Waals surface area contributed by atoms with Crippen LogP contribution in [0.1, 0.15) is 12.8 Å². The lowest BCUT2D eigenvalue weighted by Gasteiger charge is -2.35. The van der Waals surface area contributed by atoms with Crippen molar-refractivity contribution in [1.82, 2.24) is 0 Å². The van der Waals surface area contributed by atoms with E-state index in [1.54, 1.807) is 0 Å². The molecule has 0 heterocycles. The van der Waals surface area contributed by atoms with Crippen LogP contribution in [0, 0.1) is 11.8 Å². The van der Waals surface area contributed by atoms with Crippen molar-refractivity contribution < 1.29 is 0 Å². The maximum Gasteiger partial charge on any atom is 0.0217 e. The van der Waals surface area contributed by atoms with Crippen molar-refractivity contribution in [2.45, 2.75) is 12.8 Å². The molecule has 0 N–H and O–H groups in total. The van der Waals surface area contributed by atoms with Gasteiger partial charge in [-0.05, 0) is 24.8 Å². The highest BCUT2D eigenvalue weighted by molar-refractivity contribution is 6.30. The second-order valence-corrected chi connectivity index (χ2v) is 3.22. The molecule has 48 valence electrons. The molecule has 2 rings (SSSR count). The van der Waals surface area contributed by atoms with Crippen molar-refractivity contribution in [3.8, 4) is 0 Å². The quantitative estimate of drug-likeness (QED) is 0.486. The molecule has 0 aromatic rings. The highest BCUT2D eigenvalue weighted by atomic mass is 35.5. The molecule has 1 fully saturated rings. The highest BCUT2D eigenvalue weighted by Gasteiger charge is 2.31. The summed E-state index contributed by atoms with van der Waals surface area (Å²) in [5.41, 5.74) is 0. The molecule has 2 aliphatic carbocycles. The van der Waals surface area contributed by atoms with Crippen molar-refractivity contribution in [2.24, 2.45) is 11.8 Å². The zero-order valence-corrected chi connectivity index (χ0v) is 5.93. The average molecular weight is 141 g/mol. The topological polar surface area (TPSA) is 0 Å². The lowest BCUT2D eigenvalue weighted by Crippen LogP contribution is -2.25. The summed E-state index contributed by atoms with van der Waals surface area (Å²) in [6, 6.07) is 0. The number of hydrogen-bond donors (Lipinski definition) is 0. The van der Waals surface area contributed by atoms with Gasteiger partial charge in [-0.2, -0.15) is 0 Å². The molecule has 2 atom stereocenters. The Morgan fingerprint density at radius 2 is 2.33 bits per heavy atom. The van der Waals surface area contributed by atoms with Crippen LogP contribution >= 0.6 is 11.6 Å². The van der Waals surface area contributed by atoms with E-state index < -0.39 is 0 Å². The van der Waals surface area contributed by atoms with E-state index >= 15 is 0 Å². The molecule has 0 aliphatic heterocycles. The zero-order chi connectivity index (χ0) is 6.27. The Morgan fingerprint density at radius 3 is 2.78 bits per heavy atom. The maximum atomic E-state index is 5.92. The summed E-state index contributed by atoms with van der Waals surface area (Å²) in [7, 11) is 0. The Bertz CT molecular complexity index is 179. The second-order valence-electron chi connectivity index (χ2n) is 2.78. The van der Waals surface area contributed by atoms with Crippen LogP contribution in [0.2, 0.25) is 0 Å². The fourth-order valence-corrected chi connectivity index (χ4v) is 1.86. The molecule has 0 spiro atoms. The first-order chi connectivity index (χ1) is 4.38. The number of fused-ring (bicyclic) bond motifs is 1. The summed E-state index contributed by atoms with van der Waals surface area (Å²) >= 11 is 5.92. The van der Waals surface area contributed by atoms with Crippen LogP contribution in [-0.2, 0) is 0 Å². The standard InChI is InChI=1S/C8H9Cl/c9-8-3-1-2-6-4-5-7(6)8/h1-3,6-7H,4-5H2. The van der Waals surface area contributed by atoms with Gasteiger partial charge in [0.2, 0.25) is 0 Å². The zero-order valence-electron chi connectivity index (χ0n) is 5.18. The third-order valence-corrected chi connectivity index (χ3v) is 2.70. The van der Waals surface area contributed by atoms with Crippen molar-refractivity contribution in [3.63, 3.8) is 0 Å². The van der Waals surface area contributed by atoms with Crippen LogP contribution in [0.3, 0.4) is 0 Å². The molecule has 0 aromatic heterocycles. The SMILES string of the molecule is ClC1=CC=CC2CCC12. The van der Waals surface area contributed by atoms with Gasteiger partial charge in [-0.25, -0.2) is 0 Å². The minimum Gasteiger partial charge on any atom is -0.0888 e. The molecule has 0 amide bonds. The molecule has 9 heavy (non-hydrogen) atoms. The van der Waals surface area contributed by atoms with Crippen LogP contribution in [-0.4, -0.2) is 0 Å². The molecule has 0 aromatic carbocycles. The normalized spacial score (nSPS) is 39.0. The van der Waals surface area contributed by atoms with E-state index in [0.29, 0.717) is 5.92 Å². The summed E-state index contributed by atoms with van der Waals surface area (Å²) < 4.78 is 0. The minimum atomic E-state index is 0.691. The van der Waals surface area contributed by atoms with Gasteiger partial charge in [-0.15, -0.1) is 0 Å². The predicted octanol–water partition coefficient (Wildman–Crippen LogP) is 2.71. The summed E-state index contributed by atoms with van der Waals surface area (Å²) in [6.07, 6.45) is 8.99. The average Bonchev–Trinajstić information content (AvgIpc) is 1.74. The molecule has 1 saturated carbocycles. The molecule has 0 nitrogen and oxygen atoms in total. The lowest BCUT2D eigenvalue weighted by molar-refractivity contribution is 0.277. The molecular weight excluding hydrogens is 132 g/mol. The molecule has 0 radical (unpaired) electrons. The Morgan fingerprint density at radius 1 is 1.44 bits per heavy atom. The van der Waals surface area contributed by atoms with Gasteiger partial charge in [0, 0.05) is 11.0 Å². The molecule has 0 saturated heterocycles. The Labute approximate surface area is 60.2 Å². The van der Waals surface area contributed by atoms with Gasteiger partial charge in [0.15, 0.2) is 0 Å². The lowest BCUT2D eigenvalue weighted by atomic mass is 9.71. The van der Waals surface area contributed by atoms with Crippen LogP contribution < -0.4 is 0 Å². The maximum absolute atomic E-state index is 5.92. The second kappa shape index (κ2) is 1.88. The van der Waals surface area contributed by atoms with Crippen molar-refractivity contribution in [3.05, 3.63) is 23.3 Å². The van der Waals surface area contributed by atoms with E-state index in [9.17, 15) is 0 Å². The number of rotatable bonds is 0. The first-order valence-electron chi connectivity index (χ1n) is 3.42. The number of hydrogen-bond acceptors (Lipinski definition) is 0. The third-order valence-electron chi connectivity index (χ3n) is 2.30. The Kier molecular flexibility index (Phi) is 1.16. The van der Waals surface area contributed by atoms with Crippen LogP contribution in [0.25, 0.3) is 0 Å². The van der Waals surface area contributed by atoms with E-state index in [0.717, 1.165) is 11.0 Å². The van der Waals surface area contributed by atoms with Gasteiger partial charge in [-0.1, -0.05) is 23.8 Å². The predicted molar refractivity (Wildman–Crippen MR) is 39.3 cm³/mol. The van der Waals surface area contributed by atoms with Crippen molar-refractivity contribution in [2.75, 3.05) is 0 Å². The van der Waals surface area contributed by atoms with Gasteiger partial charge in [0.05, 0.1) is 0 Å². The van der Waals surface area contributed by atoms with Crippen LogP contribution in [0.4, 0.5) is 0 Å². The van der Waals surface area contributed by atoms with Gasteiger partial charge in [0.25, 0.3) is 0 Å². The smallest absolute Gasteiger partial charge is 0.0217 e. The summed E-state index contributed by atoms with van der Waals surface area (Å²) in [5.74, 6) is 1.47. The first-order valence-corrected chi connectivity index (χ1v) is 3.79. The van der Waals surface area contributed by atoms with Crippen molar-refractivity contribution in [1.29, 1.82) is 0 Å². The van der Waals surface area contributed by atoms with Gasteiger partial charge in [0.1, 0.15) is 0 Å². The van der Waals surface area contributed by atoms with E-state index in [-0.39, 0.29) is 0 Å². The monoisotopic (exact) mass is 140 g/mol. The van der Waals surface area contributed by atoms with Crippen LogP contribution in [0.15, 0.2) is 23.3 Å². The fourth-order valence-electron chi connectivity index (χ4n) is 1.51. The van der Waals surface area contributed by atoms with E-state index in [1.165, 1.54) is 12.8 Å². The van der Waals surface area contributed by atoms with Gasteiger partial charge >= 0.3 is 0 Å².